The molecule has 0 saturated carbocycles. The molecular formula is C7H9N3O4S. The van der Waals surface area contributed by atoms with Gasteiger partial charge in [0.05, 0.1) is 10.6 Å². The Morgan fingerprint density at radius 3 is 2.47 bits per heavy atom. The number of primary sulfonamides is 1. The average Bonchev–Trinajstić information content (AvgIpc) is 2.15. The topological polar surface area (TPSA) is 115 Å². The van der Waals surface area contributed by atoms with E-state index in [1.807, 2.05) is 0 Å². The first-order chi connectivity index (χ1) is 6.86. The summed E-state index contributed by atoms with van der Waals surface area (Å²) in [4.78, 5) is 9.45. The molecule has 0 aromatic heterocycles. The van der Waals surface area contributed by atoms with Crippen molar-refractivity contribution >= 4 is 21.4 Å². The maximum atomic E-state index is 11.1. The summed E-state index contributed by atoms with van der Waals surface area (Å²) in [6, 6.07) is 3.40. The number of benzene rings is 1. The number of non-ortho nitro benzene ring substituents is 1. The molecule has 82 valence electrons. The maximum Gasteiger partial charge on any atom is 0.270 e. The molecule has 0 aliphatic heterocycles. The monoisotopic (exact) mass is 231 g/mol. The molecule has 1 aromatic carbocycles. The quantitative estimate of drug-likeness (QED) is 0.572. The van der Waals surface area contributed by atoms with Gasteiger partial charge in [-0.25, -0.2) is 13.6 Å². The van der Waals surface area contributed by atoms with Crippen LogP contribution in [0.2, 0.25) is 0 Å². The van der Waals surface area contributed by atoms with Gasteiger partial charge in [-0.05, 0) is 6.07 Å². The van der Waals surface area contributed by atoms with E-state index < -0.39 is 14.9 Å². The molecule has 0 atom stereocenters. The van der Waals surface area contributed by atoms with Crippen molar-refractivity contribution in [2.24, 2.45) is 5.14 Å². The molecule has 3 N–H and O–H groups in total. The van der Waals surface area contributed by atoms with Gasteiger partial charge in [0.15, 0.2) is 0 Å². The Morgan fingerprint density at radius 1 is 1.47 bits per heavy atom. The second kappa shape index (κ2) is 3.83. The van der Waals surface area contributed by atoms with Crippen LogP contribution in [0, 0.1) is 10.1 Å². The zero-order valence-electron chi connectivity index (χ0n) is 7.80. The van der Waals surface area contributed by atoms with E-state index in [2.05, 4.69) is 5.32 Å². The second-order valence-electron chi connectivity index (χ2n) is 2.73. The van der Waals surface area contributed by atoms with Crippen molar-refractivity contribution in [1.82, 2.24) is 0 Å². The van der Waals surface area contributed by atoms with Gasteiger partial charge in [-0.15, -0.1) is 0 Å². The molecule has 8 heteroatoms. The number of nitro groups is 1. The number of sulfonamides is 1. The zero-order valence-corrected chi connectivity index (χ0v) is 8.61. The molecule has 0 spiro atoms. The van der Waals surface area contributed by atoms with Crippen molar-refractivity contribution in [3.05, 3.63) is 28.3 Å². The summed E-state index contributed by atoms with van der Waals surface area (Å²) in [5.41, 5.74) is -0.0962. The highest BCUT2D eigenvalue weighted by Gasteiger charge is 2.17. The number of nitrogens with one attached hydrogen (secondary N) is 1. The van der Waals surface area contributed by atoms with E-state index in [1.165, 1.54) is 19.2 Å². The lowest BCUT2D eigenvalue weighted by Crippen LogP contribution is -2.14. The molecule has 0 saturated heterocycles. The molecule has 0 aliphatic carbocycles. The zero-order chi connectivity index (χ0) is 11.6. The molecule has 15 heavy (non-hydrogen) atoms. The van der Waals surface area contributed by atoms with Gasteiger partial charge in [0.1, 0.15) is 4.90 Å². The maximum absolute atomic E-state index is 11.1. The molecule has 1 aromatic rings. The first kappa shape index (κ1) is 11.4. The summed E-state index contributed by atoms with van der Waals surface area (Å²) in [5.74, 6) is 0. The third-order valence-corrected chi connectivity index (χ3v) is 2.70. The Bertz CT molecular complexity index is 497. The van der Waals surface area contributed by atoms with E-state index >= 15 is 0 Å². The SMILES string of the molecule is CNc1ccc([N+](=O)[O-])cc1S(N)(=O)=O. The van der Waals surface area contributed by atoms with Crippen LogP contribution in [-0.2, 0) is 10.0 Å². The molecular weight excluding hydrogens is 222 g/mol. The minimum atomic E-state index is -3.97. The Labute approximate surface area is 86.1 Å². The van der Waals surface area contributed by atoms with E-state index in [-0.39, 0.29) is 16.3 Å². The Kier molecular flexibility index (Phi) is 2.91. The number of nitro benzene ring substituents is 1. The number of nitrogens with zero attached hydrogens (tertiary/aromatic N) is 1. The van der Waals surface area contributed by atoms with Crippen molar-refractivity contribution in [1.29, 1.82) is 0 Å². The molecule has 0 amide bonds. The van der Waals surface area contributed by atoms with Crippen LogP contribution in [0.25, 0.3) is 0 Å². The van der Waals surface area contributed by atoms with Gasteiger partial charge < -0.3 is 5.32 Å². The minimum Gasteiger partial charge on any atom is -0.387 e. The first-order valence-electron chi connectivity index (χ1n) is 3.85. The van der Waals surface area contributed by atoms with Gasteiger partial charge in [0.2, 0.25) is 10.0 Å². The van der Waals surface area contributed by atoms with Crippen molar-refractivity contribution < 1.29 is 13.3 Å². The van der Waals surface area contributed by atoms with Gasteiger partial charge in [-0.3, -0.25) is 10.1 Å². The number of hydrogen-bond donors (Lipinski definition) is 2. The van der Waals surface area contributed by atoms with Crippen molar-refractivity contribution in [3.63, 3.8) is 0 Å². The lowest BCUT2D eigenvalue weighted by atomic mass is 10.3. The molecule has 1 rings (SSSR count). The van der Waals surface area contributed by atoms with Gasteiger partial charge in [0.25, 0.3) is 5.69 Å². The van der Waals surface area contributed by atoms with Crippen molar-refractivity contribution in [2.75, 3.05) is 12.4 Å². The fourth-order valence-corrected chi connectivity index (χ4v) is 1.83. The summed E-state index contributed by atoms with van der Waals surface area (Å²) in [6.45, 7) is 0. The first-order valence-corrected chi connectivity index (χ1v) is 5.40. The van der Waals surface area contributed by atoms with E-state index in [0.29, 0.717) is 0 Å². The fourth-order valence-electron chi connectivity index (χ4n) is 1.07. The largest absolute Gasteiger partial charge is 0.387 e. The molecule has 0 heterocycles. The molecule has 0 radical (unpaired) electrons. The highest BCUT2D eigenvalue weighted by molar-refractivity contribution is 7.89. The highest BCUT2D eigenvalue weighted by Crippen LogP contribution is 2.24. The van der Waals surface area contributed by atoms with Crippen LogP contribution in [-0.4, -0.2) is 20.4 Å². The third-order valence-electron chi connectivity index (χ3n) is 1.75. The molecule has 0 aliphatic rings. The van der Waals surface area contributed by atoms with Crippen LogP contribution in [0.3, 0.4) is 0 Å². The number of rotatable bonds is 3. The third kappa shape index (κ3) is 2.42. The van der Waals surface area contributed by atoms with Crippen LogP contribution in [0.5, 0.6) is 0 Å². The summed E-state index contributed by atoms with van der Waals surface area (Å²) in [6.07, 6.45) is 0. The standard InChI is InChI=1S/C7H9N3O4S/c1-9-6-3-2-5(10(11)12)4-7(6)15(8,13)14/h2-4,9H,1H3,(H2,8,13,14). The van der Waals surface area contributed by atoms with E-state index in [1.54, 1.807) is 0 Å². The van der Waals surface area contributed by atoms with Crippen LogP contribution in [0.4, 0.5) is 11.4 Å². The van der Waals surface area contributed by atoms with Crippen LogP contribution >= 0.6 is 0 Å². The van der Waals surface area contributed by atoms with Crippen LogP contribution in [0.1, 0.15) is 0 Å². The molecule has 0 bridgehead atoms. The molecule has 0 unspecified atom stereocenters. The summed E-state index contributed by atoms with van der Waals surface area (Å²) in [7, 11) is -2.47. The van der Waals surface area contributed by atoms with Crippen LogP contribution < -0.4 is 10.5 Å². The normalized spacial score (nSPS) is 11.1. The summed E-state index contributed by atoms with van der Waals surface area (Å²) < 4.78 is 22.2. The van der Waals surface area contributed by atoms with Gasteiger partial charge in [-0.1, -0.05) is 0 Å². The average molecular weight is 231 g/mol. The predicted molar refractivity (Wildman–Crippen MR) is 54.0 cm³/mol. The lowest BCUT2D eigenvalue weighted by molar-refractivity contribution is -0.385. The van der Waals surface area contributed by atoms with Crippen LogP contribution in [0.15, 0.2) is 23.1 Å². The van der Waals surface area contributed by atoms with Gasteiger partial charge in [-0.2, -0.15) is 0 Å². The Balaban J connectivity index is 3.46. The van der Waals surface area contributed by atoms with Gasteiger partial charge in [0, 0.05) is 19.2 Å². The molecule has 0 fully saturated rings. The summed E-state index contributed by atoms with van der Waals surface area (Å²) in [5, 5.41) is 17.9. The minimum absolute atomic E-state index is 0.225. The van der Waals surface area contributed by atoms with E-state index in [9.17, 15) is 18.5 Å². The second-order valence-corrected chi connectivity index (χ2v) is 4.26. The predicted octanol–water partition coefficient (Wildman–Crippen LogP) is 0.284. The lowest BCUT2D eigenvalue weighted by Gasteiger charge is -2.05. The number of anilines is 1. The van der Waals surface area contributed by atoms with E-state index in [0.717, 1.165) is 6.07 Å². The smallest absolute Gasteiger partial charge is 0.270 e. The van der Waals surface area contributed by atoms with Crippen molar-refractivity contribution in [2.45, 2.75) is 4.90 Å². The Morgan fingerprint density at radius 2 is 2.07 bits per heavy atom. The fraction of sp³-hybridized carbons (Fsp3) is 0.143. The number of hydrogen-bond acceptors (Lipinski definition) is 5. The number of nitrogens with two attached hydrogens (primary N) is 1. The summed E-state index contributed by atoms with van der Waals surface area (Å²) >= 11 is 0. The molecule has 7 nitrogen and oxygen atoms in total. The van der Waals surface area contributed by atoms with E-state index in [4.69, 9.17) is 5.14 Å². The van der Waals surface area contributed by atoms with Crippen molar-refractivity contribution in [3.8, 4) is 0 Å². The van der Waals surface area contributed by atoms with Gasteiger partial charge >= 0.3 is 0 Å². The Hall–Kier alpha value is -1.67. The highest BCUT2D eigenvalue weighted by atomic mass is 32.2.